The van der Waals surface area contributed by atoms with Gasteiger partial charge in [0, 0.05) is 18.8 Å². The number of rotatable bonds is 3. The number of carbonyl (C=O) groups excluding carboxylic acids is 1. The summed E-state index contributed by atoms with van der Waals surface area (Å²) in [5.74, 6) is -1.97. The highest BCUT2D eigenvalue weighted by atomic mass is 19.2. The Morgan fingerprint density at radius 1 is 1.16 bits per heavy atom. The molecule has 25 heavy (non-hydrogen) atoms. The van der Waals surface area contributed by atoms with Crippen LogP contribution in [0.2, 0.25) is 0 Å². The number of amides is 1. The first-order chi connectivity index (χ1) is 12.1. The molecule has 0 aromatic heterocycles. The average Bonchev–Trinajstić information content (AvgIpc) is 3.13. The van der Waals surface area contributed by atoms with Gasteiger partial charge in [0.2, 0.25) is 0 Å². The van der Waals surface area contributed by atoms with Crippen LogP contribution in [0.3, 0.4) is 0 Å². The molecular weight excluding hydrogens is 326 g/mol. The Kier molecular flexibility index (Phi) is 4.13. The van der Waals surface area contributed by atoms with E-state index in [1.54, 1.807) is 17.0 Å². The largest absolute Gasteiger partial charge is 0.376 e. The number of fused-ring (bicyclic) bond motifs is 1. The van der Waals surface area contributed by atoms with Crippen molar-refractivity contribution < 1.29 is 18.3 Å². The maximum atomic E-state index is 13.7. The maximum absolute atomic E-state index is 13.7. The predicted molar refractivity (Wildman–Crippen MR) is 89.2 cm³/mol. The molecule has 130 valence electrons. The molecule has 4 nitrogen and oxygen atoms in total. The van der Waals surface area contributed by atoms with Crippen LogP contribution < -0.4 is 5.32 Å². The molecule has 0 radical (unpaired) electrons. The van der Waals surface area contributed by atoms with Crippen molar-refractivity contribution in [2.75, 3.05) is 18.5 Å². The Hall–Kier alpha value is -2.47. The quantitative estimate of drug-likeness (QED) is 0.923. The molecule has 0 spiro atoms. The fourth-order valence-electron chi connectivity index (χ4n) is 3.43. The van der Waals surface area contributed by atoms with Crippen molar-refractivity contribution in [1.29, 1.82) is 0 Å². The highest BCUT2D eigenvalue weighted by molar-refractivity contribution is 6.01. The van der Waals surface area contributed by atoms with Crippen LogP contribution >= 0.6 is 0 Å². The van der Waals surface area contributed by atoms with Crippen molar-refractivity contribution in [1.82, 2.24) is 4.90 Å². The van der Waals surface area contributed by atoms with E-state index in [-0.39, 0.29) is 12.0 Å². The van der Waals surface area contributed by atoms with Crippen molar-refractivity contribution in [3.63, 3.8) is 0 Å². The molecule has 2 unspecified atom stereocenters. The maximum Gasteiger partial charge on any atom is 0.257 e. The summed E-state index contributed by atoms with van der Waals surface area (Å²) in [5.41, 5.74) is 1.75. The van der Waals surface area contributed by atoms with Crippen LogP contribution in [0.4, 0.5) is 14.5 Å². The number of ether oxygens (including phenoxy) is 1. The Morgan fingerprint density at radius 2 is 2.00 bits per heavy atom. The number of nitrogens with zero attached hydrogens (tertiary/aromatic N) is 1. The van der Waals surface area contributed by atoms with E-state index in [4.69, 9.17) is 4.74 Å². The number of halogens is 2. The van der Waals surface area contributed by atoms with Crippen LogP contribution in [-0.2, 0) is 4.74 Å². The average molecular weight is 344 g/mol. The molecule has 6 heteroatoms. The van der Waals surface area contributed by atoms with E-state index >= 15 is 0 Å². The molecule has 0 bridgehead atoms. The molecule has 1 fully saturated rings. The minimum absolute atomic E-state index is 0.0381. The third kappa shape index (κ3) is 2.98. The van der Waals surface area contributed by atoms with E-state index < -0.39 is 17.8 Å². The third-order valence-corrected chi connectivity index (χ3v) is 4.71. The van der Waals surface area contributed by atoms with E-state index in [9.17, 15) is 13.6 Å². The first kappa shape index (κ1) is 16.0. The Balaban J connectivity index is 1.72. The molecule has 4 rings (SSSR count). The van der Waals surface area contributed by atoms with Gasteiger partial charge >= 0.3 is 0 Å². The van der Waals surface area contributed by atoms with Crippen molar-refractivity contribution in [3.8, 4) is 0 Å². The fraction of sp³-hybridized carbons (Fsp3) is 0.316. The molecule has 2 aliphatic rings. The monoisotopic (exact) mass is 344 g/mol. The van der Waals surface area contributed by atoms with E-state index in [0.717, 1.165) is 25.0 Å². The van der Waals surface area contributed by atoms with Gasteiger partial charge in [-0.3, -0.25) is 4.79 Å². The second-order valence-electron chi connectivity index (χ2n) is 6.36. The molecule has 2 aromatic carbocycles. The van der Waals surface area contributed by atoms with Gasteiger partial charge < -0.3 is 15.0 Å². The van der Waals surface area contributed by atoms with Gasteiger partial charge in [-0.25, -0.2) is 8.78 Å². The first-order valence-corrected chi connectivity index (χ1v) is 8.36. The lowest BCUT2D eigenvalue weighted by molar-refractivity contribution is 0.0426. The van der Waals surface area contributed by atoms with Gasteiger partial charge in [-0.05, 0) is 42.7 Å². The standard InChI is InChI=1S/C19H18F2N2O2/c20-15-8-7-12(10-16(15)21)18-22-17-6-2-1-5-14(17)19(24)23(18)11-13-4-3-9-25-13/h1-2,5-8,10,13,18,22H,3-4,9,11H2. The van der Waals surface area contributed by atoms with Crippen LogP contribution in [0.1, 0.15) is 34.9 Å². The summed E-state index contributed by atoms with van der Waals surface area (Å²) in [4.78, 5) is 14.6. The number of hydrogen-bond acceptors (Lipinski definition) is 3. The summed E-state index contributed by atoms with van der Waals surface area (Å²) >= 11 is 0. The van der Waals surface area contributed by atoms with Gasteiger partial charge in [-0.2, -0.15) is 0 Å². The Morgan fingerprint density at radius 3 is 2.76 bits per heavy atom. The molecule has 1 saturated heterocycles. The molecule has 0 aliphatic carbocycles. The zero-order chi connectivity index (χ0) is 17.4. The van der Waals surface area contributed by atoms with Crippen molar-refractivity contribution >= 4 is 11.6 Å². The smallest absolute Gasteiger partial charge is 0.257 e. The number of nitrogens with one attached hydrogen (secondary N) is 1. The topological polar surface area (TPSA) is 41.6 Å². The molecular formula is C19H18F2N2O2. The summed E-state index contributed by atoms with van der Waals surface area (Å²) < 4.78 is 32.7. The molecule has 2 aliphatic heterocycles. The molecule has 1 N–H and O–H groups in total. The zero-order valence-corrected chi connectivity index (χ0v) is 13.5. The minimum atomic E-state index is -0.928. The highest BCUT2D eigenvalue weighted by Crippen LogP contribution is 2.34. The second-order valence-corrected chi connectivity index (χ2v) is 6.36. The zero-order valence-electron chi connectivity index (χ0n) is 13.5. The Labute approximate surface area is 144 Å². The van der Waals surface area contributed by atoms with Gasteiger partial charge in [0.15, 0.2) is 11.6 Å². The van der Waals surface area contributed by atoms with Crippen molar-refractivity contribution in [2.24, 2.45) is 0 Å². The lowest BCUT2D eigenvalue weighted by Gasteiger charge is -2.39. The lowest BCUT2D eigenvalue weighted by Crippen LogP contribution is -2.46. The highest BCUT2D eigenvalue weighted by Gasteiger charge is 2.35. The summed E-state index contributed by atoms with van der Waals surface area (Å²) in [6.45, 7) is 1.09. The van der Waals surface area contributed by atoms with Crippen molar-refractivity contribution in [3.05, 3.63) is 65.2 Å². The first-order valence-electron chi connectivity index (χ1n) is 8.36. The van der Waals surface area contributed by atoms with Gasteiger partial charge in [0.25, 0.3) is 5.91 Å². The van der Waals surface area contributed by atoms with Crippen LogP contribution in [0, 0.1) is 11.6 Å². The van der Waals surface area contributed by atoms with Crippen LogP contribution in [0.15, 0.2) is 42.5 Å². The van der Waals surface area contributed by atoms with Crippen LogP contribution in [-0.4, -0.2) is 30.1 Å². The summed E-state index contributed by atoms with van der Waals surface area (Å²) in [6, 6.07) is 10.9. The summed E-state index contributed by atoms with van der Waals surface area (Å²) in [7, 11) is 0. The Bertz CT molecular complexity index is 806. The number of para-hydroxylation sites is 1. The van der Waals surface area contributed by atoms with Gasteiger partial charge in [-0.15, -0.1) is 0 Å². The molecule has 1 amide bonds. The summed E-state index contributed by atoms with van der Waals surface area (Å²) in [6.07, 6.45) is 1.24. The molecule has 2 heterocycles. The number of benzene rings is 2. The number of hydrogen-bond donors (Lipinski definition) is 1. The van der Waals surface area contributed by atoms with Gasteiger partial charge in [0.1, 0.15) is 6.17 Å². The fourth-order valence-corrected chi connectivity index (χ4v) is 3.43. The summed E-state index contributed by atoms with van der Waals surface area (Å²) in [5, 5.41) is 3.27. The lowest BCUT2D eigenvalue weighted by atomic mass is 10.0. The second kappa shape index (κ2) is 6.44. The third-order valence-electron chi connectivity index (χ3n) is 4.71. The molecule has 2 atom stereocenters. The van der Waals surface area contributed by atoms with Gasteiger partial charge in [-0.1, -0.05) is 18.2 Å². The molecule has 0 saturated carbocycles. The normalized spacial score (nSPS) is 22.6. The van der Waals surface area contributed by atoms with Crippen LogP contribution in [0.5, 0.6) is 0 Å². The number of carbonyl (C=O) groups is 1. The van der Waals surface area contributed by atoms with E-state index in [1.165, 1.54) is 6.07 Å². The van der Waals surface area contributed by atoms with Crippen LogP contribution in [0.25, 0.3) is 0 Å². The van der Waals surface area contributed by atoms with E-state index in [2.05, 4.69) is 5.32 Å². The van der Waals surface area contributed by atoms with Crippen molar-refractivity contribution in [2.45, 2.75) is 25.1 Å². The minimum Gasteiger partial charge on any atom is -0.376 e. The molecule has 2 aromatic rings. The van der Waals surface area contributed by atoms with Gasteiger partial charge in [0.05, 0.1) is 11.7 Å². The van der Waals surface area contributed by atoms with E-state index in [1.807, 2.05) is 12.1 Å². The SMILES string of the molecule is O=C1c2ccccc2NC(c2ccc(F)c(F)c2)N1CC1CCCO1. The van der Waals surface area contributed by atoms with E-state index in [0.29, 0.717) is 30.0 Å². The number of anilines is 1. The predicted octanol–water partition coefficient (Wildman–Crippen LogP) is 3.71.